The van der Waals surface area contributed by atoms with Gasteiger partial charge in [0, 0.05) is 33.0 Å². The van der Waals surface area contributed by atoms with E-state index in [1.807, 2.05) is 0 Å². The minimum absolute atomic E-state index is 0.0695. The number of nitrogens with zero attached hydrogens (tertiary/aromatic N) is 7. The first kappa shape index (κ1) is 33.2. The minimum Gasteiger partial charge on any atom is -0.340 e. The quantitative estimate of drug-likeness (QED) is 0.237. The van der Waals surface area contributed by atoms with Crippen LogP contribution in [0.25, 0.3) is 27.6 Å². The van der Waals surface area contributed by atoms with Crippen LogP contribution in [-0.2, 0) is 18.0 Å². The van der Waals surface area contributed by atoms with Gasteiger partial charge in [-0.05, 0) is 43.3 Å². The predicted octanol–water partition coefficient (Wildman–Crippen LogP) is 4.41. The van der Waals surface area contributed by atoms with E-state index in [9.17, 15) is 27.6 Å². The number of rotatable bonds is 7. The molecule has 1 saturated heterocycles. The van der Waals surface area contributed by atoms with E-state index in [0.717, 1.165) is 34.1 Å². The van der Waals surface area contributed by atoms with E-state index in [0.29, 0.717) is 30.5 Å². The van der Waals surface area contributed by atoms with Crippen molar-refractivity contribution in [3.63, 3.8) is 0 Å². The molecule has 4 aromatic rings. The molecule has 2 amide bonds. The van der Waals surface area contributed by atoms with Gasteiger partial charge < -0.3 is 14.7 Å². The summed E-state index contributed by atoms with van der Waals surface area (Å²) in [6.07, 6.45) is -1.60. The molecule has 1 N–H and O–H groups in total. The minimum atomic E-state index is -4.67. The summed E-state index contributed by atoms with van der Waals surface area (Å²) in [4.78, 5) is 46.5. The Morgan fingerprint density at radius 2 is 1.70 bits per heavy atom. The van der Waals surface area contributed by atoms with Crippen LogP contribution in [-0.4, -0.2) is 86.7 Å². The van der Waals surface area contributed by atoms with Crippen molar-refractivity contribution in [2.45, 2.75) is 38.0 Å². The second-order valence-electron chi connectivity index (χ2n) is 12.5. The van der Waals surface area contributed by atoms with Crippen molar-refractivity contribution in [2.75, 3.05) is 34.2 Å². The number of likely N-dealkylation sites (tertiary alicyclic amines) is 1. The lowest BCUT2D eigenvalue weighted by molar-refractivity contribution is -0.897. The molecule has 11 nitrogen and oxygen atoms in total. The molecule has 2 aromatic carbocycles. The highest BCUT2D eigenvalue weighted by Crippen LogP contribution is 2.32. The Morgan fingerprint density at radius 1 is 1.04 bits per heavy atom. The standard InChI is InChI=1S/C33H35F3N8O3/c1-21(31(46)41-18-15-26(16-19-41)44(4,5)6)39-30(45)28-29(27-14-17-38-42(27)24-12-10-23(37-2)11-13-24)40(3)43(32(28)47)25-9-7-8-22(20-25)33(34,35)36/h7-14,17,20-21,26H,15-16,18-19H2,1,3-6H3/p+1/t21-/m0/s1. The first-order chi connectivity index (χ1) is 22.1. The number of piperidine rings is 1. The van der Waals surface area contributed by atoms with Gasteiger partial charge in [-0.2, -0.15) is 18.3 Å². The largest absolute Gasteiger partial charge is 0.416 e. The van der Waals surface area contributed by atoms with Crippen molar-refractivity contribution >= 4 is 17.5 Å². The van der Waals surface area contributed by atoms with Gasteiger partial charge in [-0.15, -0.1) is 0 Å². The number of quaternary nitrogens is 1. The average Bonchev–Trinajstić information content (AvgIpc) is 3.61. The maximum absolute atomic E-state index is 14.1. The van der Waals surface area contributed by atoms with E-state index >= 15 is 0 Å². The lowest BCUT2D eigenvalue weighted by atomic mass is 10.0. The number of hydrogen-bond acceptors (Lipinski definition) is 4. The molecule has 0 radical (unpaired) electrons. The first-order valence-electron chi connectivity index (χ1n) is 15.0. The zero-order valence-corrected chi connectivity index (χ0v) is 26.7. The van der Waals surface area contributed by atoms with Crippen LogP contribution < -0.4 is 10.9 Å². The summed E-state index contributed by atoms with van der Waals surface area (Å²) in [5.41, 5.74) is -1.04. The highest BCUT2D eigenvalue weighted by atomic mass is 19.4. The van der Waals surface area contributed by atoms with E-state index in [-0.39, 0.29) is 28.5 Å². The Bertz CT molecular complexity index is 1900. The van der Waals surface area contributed by atoms with Gasteiger partial charge in [-0.25, -0.2) is 14.2 Å². The summed E-state index contributed by atoms with van der Waals surface area (Å²) in [5, 5.41) is 7.04. The maximum Gasteiger partial charge on any atom is 0.416 e. The lowest BCUT2D eigenvalue weighted by Crippen LogP contribution is -2.55. The number of nitrogens with one attached hydrogen (secondary N) is 1. The third-order valence-electron chi connectivity index (χ3n) is 8.61. The zero-order chi connectivity index (χ0) is 34.3. The van der Waals surface area contributed by atoms with Crippen LogP contribution in [0.15, 0.2) is 65.6 Å². The van der Waals surface area contributed by atoms with E-state index in [4.69, 9.17) is 6.57 Å². The normalized spacial score (nSPS) is 14.9. The first-order valence-corrected chi connectivity index (χ1v) is 15.0. The molecule has 1 atom stereocenters. The number of carbonyl (C=O) groups excluding carboxylic acids is 2. The van der Waals surface area contributed by atoms with Gasteiger partial charge in [0.25, 0.3) is 11.5 Å². The topological polar surface area (TPSA) is 98.5 Å². The van der Waals surface area contributed by atoms with Gasteiger partial charge in [0.05, 0.1) is 62.6 Å². The van der Waals surface area contributed by atoms with E-state index in [1.165, 1.54) is 34.7 Å². The fraction of sp³-hybridized carbons (Fsp3) is 0.364. The molecule has 1 aliphatic rings. The molecule has 1 fully saturated rings. The SMILES string of the molecule is [C-]#[N+]c1ccc(-n2nccc2-c2c(C(=O)N[C@@H](C)C(=O)N3CCC([N+](C)(C)C)CC3)c(=O)n(-c3cccc(C(F)(F)F)c3)n2C)cc1. The molecule has 1 aliphatic heterocycles. The van der Waals surface area contributed by atoms with Crippen LogP contribution in [0, 0.1) is 6.57 Å². The Kier molecular flexibility index (Phi) is 8.87. The Labute approximate surface area is 269 Å². The number of aromatic nitrogens is 4. The maximum atomic E-state index is 14.1. The molecule has 5 rings (SSSR count). The second kappa shape index (κ2) is 12.6. The molecule has 47 heavy (non-hydrogen) atoms. The molecule has 0 aliphatic carbocycles. The number of halogens is 3. The monoisotopic (exact) mass is 649 g/mol. The number of carbonyl (C=O) groups is 2. The van der Waals surface area contributed by atoms with Gasteiger partial charge >= 0.3 is 6.18 Å². The third kappa shape index (κ3) is 6.57. The second-order valence-corrected chi connectivity index (χ2v) is 12.5. The van der Waals surface area contributed by atoms with Crippen molar-refractivity contribution in [2.24, 2.45) is 7.05 Å². The zero-order valence-electron chi connectivity index (χ0n) is 26.7. The molecule has 0 saturated carbocycles. The summed E-state index contributed by atoms with van der Waals surface area (Å²) in [6.45, 7) is 9.84. The molecule has 0 unspecified atom stereocenters. The van der Waals surface area contributed by atoms with E-state index in [1.54, 1.807) is 42.2 Å². The molecule has 0 spiro atoms. The Morgan fingerprint density at radius 3 is 2.30 bits per heavy atom. The number of benzene rings is 2. The van der Waals surface area contributed by atoms with Crippen LogP contribution in [0.4, 0.5) is 18.9 Å². The lowest BCUT2D eigenvalue weighted by Gasteiger charge is -2.40. The Hall–Kier alpha value is -5.16. The summed E-state index contributed by atoms with van der Waals surface area (Å²) in [6, 6.07) is 11.7. The fourth-order valence-corrected chi connectivity index (χ4v) is 6.03. The van der Waals surface area contributed by atoms with Crippen molar-refractivity contribution < 1.29 is 27.2 Å². The predicted molar refractivity (Wildman–Crippen MR) is 169 cm³/mol. The van der Waals surface area contributed by atoms with Gasteiger partial charge in [-0.3, -0.25) is 19.1 Å². The smallest absolute Gasteiger partial charge is 0.340 e. The van der Waals surface area contributed by atoms with Gasteiger partial charge in [0.1, 0.15) is 17.3 Å². The van der Waals surface area contributed by atoms with Crippen LogP contribution in [0.1, 0.15) is 35.7 Å². The molecule has 3 heterocycles. The molecule has 0 bridgehead atoms. The highest BCUT2D eigenvalue weighted by Gasteiger charge is 2.35. The fourth-order valence-electron chi connectivity index (χ4n) is 6.03. The molecule has 2 aromatic heterocycles. The van der Waals surface area contributed by atoms with Crippen LogP contribution in [0.5, 0.6) is 0 Å². The number of hydrogen-bond donors (Lipinski definition) is 1. The van der Waals surface area contributed by atoms with Crippen molar-refractivity contribution in [1.29, 1.82) is 0 Å². The number of amides is 2. The van der Waals surface area contributed by atoms with Crippen LogP contribution >= 0.6 is 0 Å². The summed E-state index contributed by atoms with van der Waals surface area (Å²) in [5.74, 6) is -1.15. The van der Waals surface area contributed by atoms with Gasteiger partial charge in [0.2, 0.25) is 5.91 Å². The number of alkyl halides is 3. The highest BCUT2D eigenvalue weighted by molar-refractivity contribution is 6.02. The van der Waals surface area contributed by atoms with E-state index in [2.05, 4.69) is 36.4 Å². The Balaban J connectivity index is 1.56. The van der Waals surface area contributed by atoms with E-state index < -0.39 is 29.2 Å². The third-order valence-corrected chi connectivity index (χ3v) is 8.61. The van der Waals surface area contributed by atoms with Crippen LogP contribution in [0.3, 0.4) is 0 Å². The van der Waals surface area contributed by atoms with Gasteiger partial charge in [-0.1, -0.05) is 18.2 Å². The average molecular weight is 650 g/mol. The van der Waals surface area contributed by atoms with Crippen molar-refractivity contribution in [3.05, 3.63) is 93.7 Å². The molecule has 14 heteroatoms. The van der Waals surface area contributed by atoms with Crippen LogP contribution in [0.2, 0.25) is 0 Å². The molecule has 246 valence electrons. The van der Waals surface area contributed by atoms with Gasteiger partial charge in [0.15, 0.2) is 5.69 Å². The van der Waals surface area contributed by atoms with Crippen molar-refractivity contribution in [3.8, 4) is 22.8 Å². The summed E-state index contributed by atoms with van der Waals surface area (Å²) < 4.78 is 45.5. The summed E-state index contributed by atoms with van der Waals surface area (Å²) >= 11 is 0. The van der Waals surface area contributed by atoms with Crippen molar-refractivity contribution in [1.82, 2.24) is 29.4 Å². The molecular formula is C33H36F3N8O3+. The molecular weight excluding hydrogens is 613 g/mol. The summed E-state index contributed by atoms with van der Waals surface area (Å²) in [7, 11) is 7.80.